The van der Waals surface area contributed by atoms with Crippen LogP contribution in [0.15, 0.2) is 36.4 Å². The molecule has 0 saturated carbocycles. The van der Waals surface area contributed by atoms with Crippen molar-refractivity contribution in [2.75, 3.05) is 19.8 Å². The van der Waals surface area contributed by atoms with E-state index in [9.17, 15) is 4.79 Å². The number of rotatable bonds is 4. The third-order valence-corrected chi connectivity index (χ3v) is 5.07. The second kappa shape index (κ2) is 7.46. The second-order valence-electron chi connectivity index (χ2n) is 6.54. The van der Waals surface area contributed by atoms with E-state index in [1.807, 2.05) is 24.3 Å². The summed E-state index contributed by atoms with van der Waals surface area (Å²) in [5, 5.41) is 6.53. The first kappa shape index (κ1) is 17.0. The van der Waals surface area contributed by atoms with Crippen molar-refractivity contribution in [2.45, 2.75) is 25.3 Å². The van der Waals surface area contributed by atoms with Gasteiger partial charge in [0, 0.05) is 6.54 Å². The maximum absolute atomic E-state index is 12.2. The van der Waals surface area contributed by atoms with Gasteiger partial charge in [-0.25, -0.2) is 4.79 Å². The van der Waals surface area contributed by atoms with Gasteiger partial charge in [0.1, 0.15) is 13.2 Å². The summed E-state index contributed by atoms with van der Waals surface area (Å²) in [5.74, 6) is 1.28. The maximum Gasteiger partial charge on any atom is 0.315 e. The van der Waals surface area contributed by atoms with Crippen molar-refractivity contribution in [2.24, 2.45) is 0 Å². The Labute approximate surface area is 157 Å². The minimum absolute atomic E-state index is 0.0925. The van der Waals surface area contributed by atoms with Crippen LogP contribution in [0, 0.1) is 0 Å². The molecule has 5 nitrogen and oxygen atoms in total. The molecule has 4 rings (SSSR count). The van der Waals surface area contributed by atoms with Crippen molar-refractivity contribution in [1.82, 2.24) is 10.6 Å². The summed E-state index contributed by atoms with van der Waals surface area (Å²) >= 11 is 6.25. The van der Waals surface area contributed by atoms with E-state index < -0.39 is 0 Å². The fourth-order valence-electron chi connectivity index (χ4n) is 3.55. The molecule has 6 heteroatoms. The van der Waals surface area contributed by atoms with E-state index in [4.69, 9.17) is 21.1 Å². The van der Waals surface area contributed by atoms with Gasteiger partial charge in [-0.1, -0.05) is 35.9 Å². The summed E-state index contributed by atoms with van der Waals surface area (Å²) in [7, 11) is 0. The second-order valence-corrected chi connectivity index (χ2v) is 6.95. The molecule has 0 bridgehead atoms. The first-order valence-electron chi connectivity index (χ1n) is 8.91. The van der Waals surface area contributed by atoms with E-state index in [0.717, 1.165) is 18.4 Å². The summed E-state index contributed by atoms with van der Waals surface area (Å²) in [6.07, 6.45) is 2.63. The molecule has 2 aromatic rings. The van der Waals surface area contributed by atoms with E-state index >= 15 is 0 Å². The number of aryl methyl sites for hydroxylation is 1. The zero-order valence-corrected chi connectivity index (χ0v) is 15.1. The molecule has 0 radical (unpaired) electrons. The van der Waals surface area contributed by atoms with Gasteiger partial charge in [-0.2, -0.15) is 0 Å². The third-order valence-electron chi connectivity index (χ3n) is 4.79. The van der Waals surface area contributed by atoms with Crippen LogP contribution in [0.1, 0.15) is 29.2 Å². The number of fused-ring (bicyclic) bond motifs is 2. The van der Waals surface area contributed by atoms with Crippen LogP contribution < -0.4 is 20.1 Å². The van der Waals surface area contributed by atoms with Crippen LogP contribution in [-0.2, 0) is 12.8 Å². The molecule has 1 aliphatic carbocycles. The summed E-state index contributed by atoms with van der Waals surface area (Å²) in [6, 6.07) is 12.0. The zero-order chi connectivity index (χ0) is 17.9. The topological polar surface area (TPSA) is 59.6 Å². The highest BCUT2D eigenvalue weighted by atomic mass is 35.5. The van der Waals surface area contributed by atoms with Crippen molar-refractivity contribution in [3.05, 3.63) is 58.1 Å². The van der Waals surface area contributed by atoms with Crippen molar-refractivity contribution >= 4 is 17.6 Å². The van der Waals surface area contributed by atoms with E-state index in [1.54, 1.807) is 0 Å². The number of hydrogen-bond donors (Lipinski definition) is 2. The lowest BCUT2D eigenvalue weighted by molar-refractivity contribution is 0.171. The first-order chi connectivity index (χ1) is 12.7. The van der Waals surface area contributed by atoms with E-state index in [1.165, 1.54) is 11.1 Å². The number of amides is 2. The number of halogens is 1. The molecule has 0 saturated heterocycles. The highest BCUT2D eigenvalue weighted by Gasteiger charge is 2.23. The van der Waals surface area contributed by atoms with Gasteiger partial charge in [0.2, 0.25) is 0 Å². The van der Waals surface area contributed by atoms with Crippen molar-refractivity contribution in [1.29, 1.82) is 0 Å². The fourth-order valence-corrected chi connectivity index (χ4v) is 3.83. The minimum Gasteiger partial charge on any atom is -0.486 e. The van der Waals surface area contributed by atoms with Crippen LogP contribution in [0.5, 0.6) is 11.5 Å². The Bertz CT molecular complexity index is 825. The molecule has 1 heterocycles. The average Bonchev–Trinajstić information content (AvgIpc) is 3.05. The molecule has 0 spiro atoms. The molecule has 2 amide bonds. The van der Waals surface area contributed by atoms with Crippen molar-refractivity contribution < 1.29 is 14.3 Å². The Morgan fingerprint density at radius 3 is 2.96 bits per heavy atom. The molecular formula is C20H21ClN2O3. The highest BCUT2D eigenvalue weighted by Crippen LogP contribution is 2.38. The Hall–Kier alpha value is -2.40. The minimum atomic E-state index is -0.143. The molecule has 2 aromatic carbocycles. The van der Waals surface area contributed by atoms with Crippen LogP contribution in [0.3, 0.4) is 0 Å². The fraction of sp³-hybridized carbons (Fsp3) is 0.350. The molecule has 2 N–H and O–H groups in total. The van der Waals surface area contributed by atoms with Crippen LogP contribution in [-0.4, -0.2) is 25.8 Å². The summed E-state index contributed by atoms with van der Waals surface area (Å²) in [5.41, 5.74) is 3.55. The van der Waals surface area contributed by atoms with Crippen molar-refractivity contribution in [3.8, 4) is 11.5 Å². The molecule has 1 unspecified atom stereocenters. The molecule has 136 valence electrons. The number of urea groups is 1. The van der Waals surface area contributed by atoms with Gasteiger partial charge in [-0.3, -0.25) is 0 Å². The Morgan fingerprint density at radius 2 is 2.04 bits per heavy atom. The van der Waals surface area contributed by atoms with Crippen LogP contribution in [0.4, 0.5) is 4.79 Å². The van der Waals surface area contributed by atoms with Crippen LogP contribution in [0.25, 0.3) is 0 Å². The van der Waals surface area contributed by atoms with Gasteiger partial charge < -0.3 is 20.1 Å². The molecule has 1 atom stereocenters. The van der Waals surface area contributed by atoms with Gasteiger partial charge in [0.25, 0.3) is 0 Å². The normalized spacial score (nSPS) is 17.5. The Morgan fingerprint density at radius 1 is 1.19 bits per heavy atom. The number of nitrogens with one attached hydrogen (secondary N) is 2. The molecular weight excluding hydrogens is 352 g/mol. The van der Waals surface area contributed by atoms with Crippen LogP contribution in [0.2, 0.25) is 5.02 Å². The first-order valence-corrected chi connectivity index (χ1v) is 9.28. The highest BCUT2D eigenvalue weighted by molar-refractivity contribution is 6.32. The molecule has 0 fully saturated rings. The van der Waals surface area contributed by atoms with Gasteiger partial charge in [-0.15, -0.1) is 0 Å². The lowest BCUT2D eigenvalue weighted by atomic mass is 10.1. The van der Waals surface area contributed by atoms with Gasteiger partial charge in [0.05, 0.1) is 11.1 Å². The van der Waals surface area contributed by atoms with E-state index in [-0.39, 0.29) is 12.1 Å². The largest absolute Gasteiger partial charge is 0.486 e. The summed E-state index contributed by atoms with van der Waals surface area (Å²) < 4.78 is 11.1. The van der Waals surface area contributed by atoms with E-state index in [0.29, 0.717) is 42.7 Å². The number of carbonyl (C=O) groups is 1. The zero-order valence-electron chi connectivity index (χ0n) is 14.4. The summed E-state index contributed by atoms with van der Waals surface area (Å²) in [4.78, 5) is 12.2. The molecule has 0 aromatic heterocycles. The number of hydrogen-bond acceptors (Lipinski definition) is 3. The molecule has 1 aliphatic heterocycles. The Kier molecular flexibility index (Phi) is 4.89. The Balaban J connectivity index is 1.30. The molecule has 26 heavy (non-hydrogen) atoms. The number of carbonyl (C=O) groups excluding carboxylic acids is 1. The maximum atomic E-state index is 12.2. The van der Waals surface area contributed by atoms with Gasteiger partial charge >= 0.3 is 6.03 Å². The standard InChI is InChI=1S/C20H21ClN2O3/c21-16-11-13(12-18-19(16)26-10-9-25-18)7-8-22-20(24)23-17-6-5-14-3-1-2-4-15(14)17/h1-4,11-12,17H,5-10H2,(H2,22,23,24). The number of benzene rings is 2. The third kappa shape index (κ3) is 3.58. The lowest BCUT2D eigenvalue weighted by Gasteiger charge is -2.20. The molecule has 2 aliphatic rings. The number of ether oxygens (including phenoxy) is 2. The predicted octanol–water partition coefficient (Wildman–Crippen LogP) is 3.64. The SMILES string of the molecule is O=C(NCCc1cc(Cl)c2c(c1)OCCO2)NC1CCc2ccccc21. The average molecular weight is 373 g/mol. The van der Waals surface area contributed by atoms with E-state index in [2.05, 4.69) is 22.8 Å². The smallest absolute Gasteiger partial charge is 0.315 e. The van der Waals surface area contributed by atoms with Crippen molar-refractivity contribution in [3.63, 3.8) is 0 Å². The van der Waals surface area contributed by atoms with Gasteiger partial charge in [0.15, 0.2) is 11.5 Å². The van der Waals surface area contributed by atoms with Gasteiger partial charge in [-0.05, 0) is 48.1 Å². The van der Waals surface area contributed by atoms with Crippen LogP contribution >= 0.6 is 11.6 Å². The predicted molar refractivity (Wildman–Crippen MR) is 100 cm³/mol. The lowest BCUT2D eigenvalue weighted by Crippen LogP contribution is -2.38. The monoisotopic (exact) mass is 372 g/mol. The summed E-state index contributed by atoms with van der Waals surface area (Å²) in [6.45, 7) is 1.56. The quantitative estimate of drug-likeness (QED) is 0.861.